The minimum absolute atomic E-state index is 0.0417. The summed E-state index contributed by atoms with van der Waals surface area (Å²) in [5.74, 6) is 0.0828. The van der Waals surface area contributed by atoms with Crippen LogP contribution in [0.3, 0.4) is 0 Å². The molecule has 1 aromatic heterocycles. The quantitative estimate of drug-likeness (QED) is 0.553. The summed E-state index contributed by atoms with van der Waals surface area (Å²) in [6.45, 7) is 0.571. The molecule has 156 valence electrons. The predicted octanol–water partition coefficient (Wildman–Crippen LogP) is 2.99. The number of nitrogens with zero attached hydrogens (tertiary/aromatic N) is 1. The van der Waals surface area contributed by atoms with Gasteiger partial charge in [-0.3, -0.25) is 14.3 Å². The predicted molar refractivity (Wildman–Crippen MR) is 112 cm³/mol. The number of aromatic amines is 1. The maximum atomic E-state index is 14.4. The van der Waals surface area contributed by atoms with Crippen molar-refractivity contribution in [2.45, 2.75) is 12.5 Å². The van der Waals surface area contributed by atoms with Gasteiger partial charge < -0.3 is 19.9 Å². The number of ether oxygens (including phenoxy) is 2. The third-order valence-electron chi connectivity index (χ3n) is 5.20. The number of benzene rings is 2. The van der Waals surface area contributed by atoms with Gasteiger partial charge in [0.15, 0.2) is 16.3 Å². The molecule has 1 aliphatic heterocycles. The molecule has 3 N–H and O–H groups in total. The van der Waals surface area contributed by atoms with E-state index in [1.54, 1.807) is 19.2 Å². The van der Waals surface area contributed by atoms with Crippen LogP contribution in [-0.2, 0) is 6.42 Å². The lowest BCUT2D eigenvalue weighted by atomic mass is 9.90. The fourth-order valence-electron chi connectivity index (χ4n) is 3.80. The summed E-state index contributed by atoms with van der Waals surface area (Å²) < 4.78 is 26.2. The van der Waals surface area contributed by atoms with Crippen LogP contribution >= 0.6 is 12.2 Å². The average Bonchev–Trinajstić information content (AvgIpc) is 2.73. The molecule has 0 saturated heterocycles. The Labute approximate surface area is 176 Å². The fourth-order valence-corrected chi connectivity index (χ4v) is 4.07. The molecule has 2 aromatic carbocycles. The van der Waals surface area contributed by atoms with Gasteiger partial charge in [-0.05, 0) is 54.0 Å². The molecule has 3 aromatic rings. The smallest absolute Gasteiger partial charge is 0.260 e. The molecule has 4 rings (SSSR count). The fraction of sp³-hybridized carbons (Fsp3) is 0.238. The van der Waals surface area contributed by atoms with Crippen molar-refractivity contribution in [2.75, 3.05) is 20.8 Å². The first-order valence-electron chi connectivity index (χ1n) is 9.27. The van der Waals surface area contributed by atoms with Crippen molar-refractivity contribution in [3.63, 3.8) is 0 Å². The number of fused-ring (bicyclic) bond motifs is 1. The van der Waals surface area contributed by atoms with Gasteiger partial charge in [-0.1, -0.05) is 12.1 Å². The van der Waals surface area contributed by atoms with Gasteiger partial charge in [-0.25, -0.2) is 4.39 Å². The van der Waals surface area contributed by atoms with Gasteiger partial charge in [0.25, 0.3) is 5.56 Å². The molecule has 0 fully saturated rings. The van der Waals surface area contributed by atoms with Gasteiger partial charge in [-0.15, -0.1) is 0 Å². The van der Waals surface area contributed by atoms with E-state index >= 15 is 0 Å². The molecule has 0 spiro atoms. The van der Waals surface area contributed by atoms with Crippen molar-refractivity contribution in [1.29, 1.82) is 0 Å². The van der Waals surface area contributed by atoms with Crippen LogP contribution in [0.15, 0.2) is 41.2 Å². The lowest BCUT2D eigenvalue weighted by Gasteiger charge is -2.29. The molecule has 7 nitrogen and oxygen atoms in total. The molecule has 0 saturated carbocycles. The third-order valence-corrected chi connectivity index (χ3v) is 5.49. The number of hydrogen-bond acceptors (Lipinski definition) is 6. The van der Waals surface area contributed by atoms with E-state index in [1.807, 2.05) is 6.07 Å². The molecule has 1 aliphatic rings. The van der Waals surface area contributed by atoms with E-state index in [9.17, 15) is 14.3 Å². The number of H-pyrrole nitrogens is 1. The summed E-state index contributed by atoms with van der Waals surface area (Å²) in [6.07, 6.45) is 0.706. The number of aromatic hydroxyl groups is 1. The Morgan fingerprint density at radius 1 is 1.20 bits per heavy atom. The van der Waals surface area contributed by atoms with Crippen molar-refractivity contribution in [3.8, 4) is 23.1 Å². The number of halogens is 1. The Kier molecular flexibility index (Phi) is 5.31. The monoisotopic (exact) mass is 429 g/mol. The van der Waals surface area contributed by atoms with E-state index in [2.05, 4.69) is 10.3 Å². The number of aromatic nitrogens is 2. The Balaban J connectivity index is 1.96. The van der Waals surface area contributed by atoms with Crippen molar-refractivity contribution >= 4 is 12.2 Å². The summed E-state index contributed by atoms with van der Waals surface area (Å²) in [5.41, 5.74) is 1.25. The first-order chi connectivity index (χ1) is 14.5. The van der Waals surface area contributed by atoms with Crippen molar-refractivity contribution < 1.29 is 19.0 Å². The lowest BCUT2D eigenvalue weighted by molar-refractivity contribution is 0.352. The molecule has 30 heavy (non-hydrogen) atoms. The van der Waals surface area contributed by atoms with E-state index in [4.69, 9.17) is 21.7 Å². The molecule has 0 unspecified atom stereocenters. The second kappa shape index (κ2) is 7.92. The molecule has 0 aliphatic carbocycles. The van der Waals surface area contributed by atoms with Crippen molar-refractivity contribution in [3.05, 3.63) is 74.0 Å². The molecular weight excluding hydrogens is 409 g/mol. The zero-order valence-corrected chi connectivity index (χ0v) is 17.2. The van der Waals surface area contributed by atoms with Crippen LogP contribution in [0.2, 0.25) is 0 Å². The summed E-state index contributed by atoms with van der Waals surface area (Å²) in [6, 6.07) is 8.88. The van der Waals surface area contributed by atoms with Crippen LogP contribution in [0.5, 0.6) is 17.4 Å². The summed E-state index contributed by atoms with van der Waals surface area (Å²) in [7, 11) is 3.08. The molecule has 9 heteroatoms. The van der Waals surface area contributed by atoms with Gasteiger partial charge >= 0.3 is 0 Å². The van der Waals surface area contributed by atoms with Crippen molar-refractivity contribution in [1.82, 2.24) is 14.9 Å². The van der Waals surface area contributed by atoms with Crippen LogP contribution in [-0.4, -0.2) is 35.4 Å². The van der Waals surface area contributed by atoms with Crippen LogP contribution < -0.4 is 20.3 Å². The van der Waals surface area contributed by atoms with Crippen LogP contribution in [0.4, 0.5) is 4.39 Å². The van der Waals surface area contributed by atoms with Crippen LogP contribution in [0.1, 0.15) is 22.7 Å². The van der Waals surface area contributed by atoms with Gasteiger partial charge in [0.1, 0.15) is 5.82 Å². The standard InChI is InChI=1S/C21H20FN3O4S/c1-28-15-9-11-7-8-23-18(12(11)10-16(15)29-2)17-19(26)24-21(30)25(20(17)27)14-6-4-3-5-13(14)22/h3-6,9-10,18,23,27H,7-8H2,1-2H3,(H,24,26,30)/t18-/m1/s1. The second-order valence-corrected chi connectivity index (χ2v) is 7.21. The summed E-state index contributed by atoms with van der Waals surface area (Å²) >= 11 is 5.20. The van der Waals surface area contributed by atoms with Gasteiger partial charge in [-0.2, -0.15) is 0 Å². The minimum Gasteiger partial charge on any atom is -0.494 e. The molecule has 2 heterocycles. The third kappa shape index (κ3) is 3.25. The van der Waals surface area contributed by atoms with Gasteiger partial charge in [0, 0.05) is 6.54 Å². The first kappa shape index (κ1) is 20.1. The number of rotatable bonds is 4. The van der Waals surface area contributed by atoms with E-state index in [0.717, 1.165) is 15.7 Å². The van der Waals surface area contributed by atoms with E-state index in [1.165, 1.54) is 25.3 Å². The molecule has 1 atom stereocenters. The lowest BCUT2D eigenvalue weighted by Crippen LogP contribution is -2.35. The maximum Gasteiger partial charge on any atom is 0.260 e. The highest BCUT2D eigenvalue weighted by Gasteiger charge is 2.30. The zero-order chi connectivity index (χ0) is 21.4. The van der Waals surface area contributed by atoms with E-state index in [0.29, 0.717) is 24.5 Å². The number of methoxy groups -OCH3 is 2. The normalized spacial score (nSPS) is 15.5. The SMILES string of the molecule is COc1cc2c(cc1OC)[C@H](c1c(O)n(-c3ccccc3F)c(=S)[nH]c1=O)NCC2. The molecule has 0 amide bonds. The Morgan fingerprint density at radius 3 is 2.60 bits per heavy atom. The van der Waals surface area contributed by atoms with Crippen LogP contribution in [0.25, 0.3) is 5.69 Å². The number of hydrogen-bond donors (Lipinski definition) is 3. The first-order valence-corrected chi connectivity index (χ1v) is 9.68. The minimum atomic E-state index is -0.647. The van der Waals surface area contributed by atoms with Crippen LogP contribution in [0, 0.1) is 10.6 Å². The van der Waals surface area contributed by atoms with Gasteiger partial charge in [0.05, 0.1) is 31.5 Å². The Hall–Kier alpha value is -3.17. The topological polar surface area (TPSA) is 88.5 Å². The zero-order valence-electron chi connectivity index (χ0n) is 16.4. The van der Waals surface area contributed by atoms with E-state index < -0.39 is 23.3 Å². The second-order valence-electron chi connectivity index (χ2n) is 6.83. The molecular formula is C21H20FN3O4S. The molecule has 0 bridgehead atoms. The van der Waals surface area contributed by atoms with Gasteiger partial charge in [0.2, 0.25) is 5.88 Å². The van der Waals surface area contributed by atoms with E-state index in [-0.39, 0.29) is 16.0 Å². The highest BCUT2D eigenvalue weighted by Crippen LogP contribution is 2.38. The van der Waals surface area contributed by atoms with Crippen molar-refractivity contribution in [2.24, 2.45) is 0 Å². The largest absolute Gasteiger partial charge is 0.494 e. The highest BCUT2D eigenvalue weighted by atomic mass is 32.1. The summed E-state index contributed by atoms with van der Waals surface area (Å²) in [4.78, 5) is 15.4. The average molecular weight is 429 g/mol. The molecule has 0 radical (unpaired) electrons. The Morgan fingerprint density at radius 2 is 1.90 bits per heavy atom. The number of para-hydroxylation sites is 1. The maximum absolute atomic E-state index is 14.4. The summed E-state index contributed by atoms with van der Waals surface area (Å²) in [5, 5.41) is 14.3. The highest BCUT2D eigenvalue weighted by molar-refractivity contribution is 7.71. The number of nitrogens with one attached hydrogen (secondary N) is 2. The Bertz CT molecular complexity index is 1240.